The van der Waals surface area contributed by atoms with E-state index in [1.165, 1.54) is 17.8 Å². The summed E-state index contributed by atoms with van der Waals surface area (Å²) in [5.74, 6) is 0. The lowest BCUT2D eigenvalue weighted by Crippen LogP contribution is -2.44. The van der Waals surface area contributed by atoms with Crippen molar-refractivity contribution in [3.8, 4) is 0 Å². The Labute approximate surface area is 99.7 Å². The number of carbonyl (C=O) groups excluding carboxylic acids is 1. The van der Waals surface area contributed by atoms with Gasteiger partial charge in [-0.25, -0.2) is 9.78 Å². The molecule has 1 aromatic heterocycles. The van der Waals surface area contributed by atoms with Gasteiger partial charge in [0, 0.05) is 23.7 Å². The van der Waals surface area contributed by atoms with E-state index in [1.54, 1.807) is 6.20 Å². The average Bonchev–Trinajstić information content (AvgIpc) is 2.64. The maximum Gasteiger partial charge on any atom is 0.323 e. The Morgan fingerprint density at radius 1 is 1.62 bits per heavy atom. The van der Waals surface area contributed by atoms with Gasteiger partial charge in [-0.1, -0.05) is 0 Å². The Bertz CT molecular complexity index is 377. The summed E-state index contributed by atoms with van der Waals surface area (Å²) in [5.41, 5.74) is 0. The third-order valence-corrected chi connectivity index (χ3v) is 3.73. The molecule has 0 radical (unpaired) electrons. The van der Waals surface area contributed by atoms with Crippen LogP contribution in [0, 0.1) is 6.92 Å². The van der Waals surface area contributed by atoms with Crippen LogP contribution in [0.15, 0.2) is 6.20 Å². The normalized spacial score (nSPS) is 20.9. The van der Waals surface area contributed by atoms with E-state index in [9.17, 15) is 4.79 Å². The second-order valence-corrected chi connectivity index (χ2v) is 5.48. The molecule has 0 saturated carbocycles. The number of aromatic nitrogens is 1. The van der Waals surface area contributed by atoms with Gasteiger partial charge in [0.2, 0.25) is 0 Å². The van der Waals surface area contributed by atoms with Crippen molar-refractivity contribution in [2.75, 3.05) is 11.9 Å². The molecule has 1 fully saturated rings. The smallest absolute Gasteiger partial charge is 0.322 e. The van der Waals surface area contributed by atoms with Crippen LogP contribution in [0.5, 0.6) is 0 Å². The highest BCUT2D eigenvalue weighted by Crippen LogP contribution is 2.20. The first-order valence-corrected chi connectivity index (χ1v) is 6.48. The predicted molar refractivity (Wildman–Crippen MR) is 65.9 cm³/mol. The average molecular weight is 239 g/mol. The summed E-state index contributed by atoms with van der Waals surface area (Å²) in [4.78, 5) is 19.1. The minimum Gasteiger partial charge on any atom is -0.322 e. The van der Waals surface area contributed by atoms with Gasteiger partial charge in [0.05, 0.1) is 0 Å². The Hall–Kier alpha value is -1.10. The van der Waals surface area contributed by atoms with E-state index >= 15 is 0 Å². The molecule has 88 valence electrons. The Morgan fingerprint density at radius 3 is 3.06 bits per heavy atom. The molecule has 1 unspecified atom stereocenters. The minimum atomic E-state index is -0.0125. The van der Waals surface area contributed by atoms with Crippen molar-refractivity contribution in [3.05, 3.63) is 11.1 Å². The monoisotopic (exact) mass is 239 g/mol. The summed E-state index contributed by atoms with van der Waals surface area (Å²) in [7, 11) is 0. The third-order valence-electron chi connectivity index (χ3n) is 2.90. The molecule has 1 aromatic rings. The minimum absolute atomic E-state index is 0.0125. The van der Waals surface area contributed by atoms with Gasteiger partial charge >= 0.3 is 6.03 Å². The van der Waals surface area contributed by atoms with Gasteiger partial charge in [-0.2, -0.15) is 0 Å². The summed E-state index contributed by atoms with van der Waals surface area (Å²) >= 11 is 1.51. The molecule has 0 aliphatic carbocycles. The summed E-state index contributed by atoms with van der Waals surface area (Å²) in [6.07, 6.45) is 5.21. The van der Waals surface area contributed by atoms with Gasteiger partial charge in [-0.3, -0.25) is 5.32 Å². The molecule has 4 nitrogen and oxygen atoms in total. The van der Waals surface area contributed by atoms with E-state index in [0.717, 1.165) is 24.3 Å². The summed E-state index contributed by atoms with van der Waals surface area (Å²) in [6.45, 7) is 4.94. The number of hydrogen-bond acceptors (Lipinski definition) is 3. The van der Waals surface area contributed by atoms with E-state index in [-0.39, 0.29) is 6.03 Å². The lowest BCUT2D eigenvalue weighted by Gasteiger charge is -2.32. The number of nitrogens with zero attached hydrogens (tertiary/aromatic N) is 2. The molecule has 0 bridgehead atoms. The second-order valence-electron chi connectivity index (χ2n) is 4.24. The molecule has 5 heteroatoms. The van der Waals surface area contributed by atoms with Crippen LogP contribution in [-0.2, 0) is 0 Å². The zero-order valence-corrected chi connectivity index (χ0v) is 10.5. The summed E-state index contributed by atoms with van der Waals surface area (Å²) < 4.78 is 0. The topological polar surface area (TPSA) is 45.2 Å². The fraction of sp³-hybridized carbons (Fsp3) is 0.636. The number of rotatable bonds is 1. The molecule has 1 saturated heterocycles. The first-order chi connectivity index (χ1) is 7.66. The number of anilines is 1. The van der Waals surface area contributed by atoms with Crippen LogP contribution in [0.4, 0.5) is 9.93 Å². The highest BCUT2D eigenvalue weighted by molar-refractivity contribution is 7.15. The predicted octanol–water partition coefficient (Wildman–Crippen LogP) is 2.86. The van der Waals surface area contributed by atoms with E-state index < -0.39 is 0 Å². The number of amides is 2. The van der Waals surface area contributed by atoms with Crippen LogP contribution in [0.25, 0.3) is 0 Å². The van der Waals surface area contributed by atoms with Crippen LogP contribution in [0.2, 0.25) is 0 Å². The number of hydrogen-bond donors (Lipinski definition) is 1. The van der Waals surface area contributed by atoms with Crippen LogP contribution in [0.1, 0.15) is 31.1 Å². The first kappa shape index (κ1) is 11.4. The van der Waals surface area contributed by atoms with Gasteiger partial charge in [0.1, 0.15) is 0 Å². The maximum atomic E-state index is 12.0. The van der Waals surface area contributed by atoms with Gasteiger partial charge in [0.15, 0.2) is 5.13 Å². The lowest BCUT2D eigenvalue weighted by molar-refractivity contribution is 0.170. The molecule has 1 aliphatic heterocycles. The molecule has 0 aromatic carbocycles. The second kappa shape index (κ2) is 4.82. The molecule has 2 amide bonds. The first-order valence-electron chi connectivity index (χ1n) is 5.67. The van der Waals surface area contributed by atoms with Crippen LogP contribution in [-0.4, -0.2) is 28.5 Å². The highest BCUT2D eigenvalue weighted by Gasteiger charge is 2.23. The fourth-order valence-corrected chi connectivity index (χ4v) is 2.63. The molecule has 1 N–H and O–H groups in total. The maximum absolute atomic E-state index is 12.0. The molecule has 2 heterocycles. The molecule has 16 heavy (non-hydrogen) atoms. The molecule has 1 atom stereocenters. The third kappa shape index (κ3) is 2.52. The van der Waals surface area contributed by atoms with Crippen molar-refractivity contribution in [2.24, 2.45) is 0 Å². The van der Waals surface area contributed by atoms with Crippen molar-refractivity contribution in [3.63, 3.8) is 0 Å². The van der Waals surface area contributed by atoms with Crippen molar-refractivity contribution in [2.45, 2.75) is 39.2 Å². The quantitative estimate of drug-likeness (QED) is 0.819. The Balaban J connectivity index is 1.96. The lowest BCUT2D eigenvalue weighted by atomic mass is 10.0. The van der Waals surface area contributed by atoms with Gasteiger partial charge in [-0.15, -0.1) is 11.3 Å². The molecule has 1 aliphatic rings. The summed E-state index contributed by atoms with van der Waals surface area (Å²) in [5, 5.41) is 3.55. The fourth-order valence-electron chi connectivity index (χ4n) is 1.98. The van der Waals surface area contributed by atoms with Crippen LogP contribution in [0.3, 0.4) is 0 Å². The van der Waals surface area contributed by atoms with E-state index in [0.29, 0.717) is 11.2 Å². The van der Waals surface area contributed by atoms with E-state index in [1.807, 2.05) is 11.8 Å². The number of piperidine rings is 1. The number of aryl methyl sites for hydroxylation is 1. The number of carbonyl (C=O) groups is 1. The van der Waals surface area contributed by atoms with Crippen molar-refractivity contribution < 1.29 is 4.79 Å². The van der Waals surface area contributed by atoms with Gasteiger partial charge in [-0.05, 0) is 33.1 Å². The van der Waals surface area contributed by atoms with Crippen LogP contribution >= 0.6 is 11.3 Å². The van der Waals surface area contributed by atoms with Crippen molar-refractivity contribution in [1.29, 1.82) is 0 Å². The van der Waals surface area contributed by atoms with E-state index in [2.05, 4.69) is 17.2 Å². The SMILES string of the molecule is Cc1cnc(NC(=O)N2CCCCC2C)s1. The number of thiazole rings is 1. The number of likely N-dealkylation sites (tertiary alicyclic amines) is 1. The van der Waals surface area contributed by atoms with Crippen molar-refractivity contribution in [1.82, 2.24) is 9.88 Å². The zero-order chi connectivity index (χ0) is 11.5. The van der Waals surface area contributed by atoms with Gasteiger partial charge < -0.3 is 4.90 Å². The molecular weight excluding hydrogens is 222 g/mol. The standard InChI is InChI=1S/C11H17N3OS/c1-8-5-3-4-6-14(8)11(15)13-10-12-7-9(2)16-10/h7-8H,3-6H2,1-2H3,(H,12,13,15). The number of nitrogens with one attached hydrogen (secondary N) is 1. The van der Waals surface area contributed by atoms with Crippen LogP contribution < -0.4 is 5.32 Å². The molecule has 2 rings (SSSR count). The Morgan fingerprint density at radius 2 is 2.44 bits per heavy atom. The Kier molecular flexibility index (Phi) is 3.43. The van der Waals surface area contributed by atoms with Crippen molar-refractivity contribution >= 4 is 22.5 Å². The highest BCUT2D eigenvalue weighted by atomic mass is 32.1. The zero-order valence-electron chi connectivity index (χ0n) is 9.69. The largest absolute Gasteiger partial charge is 0.323 e. The van der Waals surface area contributed by atoms with Gasteiger partial charge in [0.25, 0.3) is 0 Å². The van der Waals surface area contributed by atoms with E-state index in [4.69, 9.17) is 0 Å². The summed E-state index contributed by atoms with van der Waals surface area (Å²) in [6, 6.07) is 0.330. The molecule has 0 spiro atoms. The number of urea groups is 1. The molecular formula is C11H17N3OS.